The van der Waals surface area contributed by atoms with Crippen molar-refractivity contribution in [1.82, 2.24) is 0 Å². The molecule has 0 radical (unpaired) electrons. The molecule has 1 saturated heterocycles. The minimum absolute atomic E-state index is 0.853. The van der Waals surface area contributed by atoms with E-state index in [1.54, 1.807) is 0 Å². The maximum absolute atomic E-state index is 11.3. The Morgan fingerprint density at radius 1 is 1.25 bits per heavy atom. The van der Waals surface area contributed by atoms with E-state index in [1.807, 2.05) is 0 Å². The molecule has 1 rings (SSSR count). The summed E-state index contributed by atoms with van der Waals surface area (Å²) in [7, 11) is -12.2. The second kappa shape index (κ2) is 6.13. The largest absolute Gasteiger partial charge is 0.484 e. The summed E-state index contributed by atoms with van der Waals surface area (Å²) in [6.45, 7) is -0.853. The summed E-state index contributed by atoms with van der Waals surface area (Å²) < 4.78 is 45.1. The van der Waals surface area contributed by atoms with Crippen LogP contribution in [-0.4, -0.2) is 60.4 Å². The standard InChI is InChI=1S/C5H11O12P3/c6-1-2-3(7)4(8)5(15-2,18-9)16-20(13,14)17-19(10,11)12/h2-4,6-8H,1H2,(H,13,14)(H2,10,11,12)/t2-,3-,4-,5?/m1/s1. The van der Waals surface area contributed by atoms with Crippen LogP contribution in [0.4, 0.5) is 0 Å². The van der Waals surface area contributed by atoms with Crippen LogP contribution in [0.1, 0.15) is 0 Å². The third-order valence-corrected chi connectivity index (χ3v) is 5.20. The highest BCUT2D eigenvalue weighted by Crippen LogP contribution is 2.62. The van der Waals surface area contributed by atoms with Crippen LogP contribution in [0.2, 0.25) is 0 Å². The lowest BCUT2D eigenvalue weighted by molar-refractivity contribution is -0.157. The zero-order valence-corrected chi connectivity index (χ0v) is 12.1. The van der Waals surface area contributed by atoms with Gasteiger partial charge >= 0.3 is 15.6 Å². The predicted octanol–water partition coefficient (Wildman–Crippen LogP) is -1.73. The highest BCUT2D eigenvalue weighted by atomic mass is 31.3. The molecular formula is C5H11O12P3. The smallest absolute Gasteiger partial charge is 0.394 e. The van der Waals surface area contributed by atoms with Gasteiger partial charge in [-0.2, -0.15) is 4.31 Å². The third kappa shape index (κ3) is 4.11. The molecule has 6 N–H and O–H groups in total. The van der Waals surface area contributed by atoms with Crippen LogP contribution in [0.25, 0.3) is 0 Å². The van der Waals surface area contributed by atoms with Gasteiger partial charge < -0.3 is 34.7 Å². The van der Waals surface area contributed by atoms with Crippen molar-refractivity contribution in [3.63, 3.8) is 0 Å². The first-order valence-electron chi connectivity index (χ1n) is 4.76. The maximum Gasteiger partial charge on any atom is 0.484 e. The maximum atomic E-state index is 11.3. The highest BCUT2D eigenvalue weighted by Gasteiger charge is 2.60. The van der Waals surface area contributed by atoms with Gasteiger partial charge in [-0.15, -0.1) is 0 Å². The molecule has 0 saturated carbocycles. The number of rotatable bonds is 6. The second-order valence-corrected chi connectivity index (χ2v) is 7.19. The lowest BCUT2D eigenvalue weighted by Crippen LogP contribution is -2.40. The molecule has 0 bridgehead atoms. The Balaban J connectivity index is 3.00. The van der Waals surface area contributed by atoms with Gasteiger partial charge in [-0.25, -0.2) is 13.7 Å². The van der Waals surface area contributed by atoms with Gasteiger partial charge in [0.15, 0.2) is 0 Å². The van der Waals surface area contributed by atoms with Crippen molar-refractivity contribution in [2.45, 2.75) is 23.8 Å². The van der Waals surface area contributed by atoms with Crippen LogP contribution >= 0.6 is 24.1 Å². The quantitative estimate of drug-likeness (QED) is 0.294. The van der Waals surface area contributed by atoms with E-state index in [0.717, 1.165) is 0 Å². The van der Waals surface area contributed by atoms with E-state index < -0.39 is 54.6 Å². The van der Waals surface area contributed by atoms with E-state index in [-0.39, 0.29) is 0 Å². The summed E-state index contributed by atoms with van der Waals surface area (Å²) >= 11 is 0. The summed E-state index contributed by atoms with van der Waals surface area (Å²) in [5, 5.41) is 27.8. The molecule has 0 aromatic heterocycles. The lowest BCUT2D eigenvalue weighted by Gasteiger charge is -2.26. The molecule has 0 spiro atoms. The Bertz CT molecular complexity index is 460. The van der Waals surface area contributed by atoms with E-state index in [4.69, 9.17) is 19.8 Å². The van der Waals surface area contributed by atoms with Gasteiger partial charge in [0.25, 0.3) is 5.53 Å². The molecule has 0 amide bonds. The molecule has 1 fully saturated rings. The Kier molecular flexibility index (Phi) is 5.60. The zero-order chi connectivity index (χ0) is 15.8. The number of hydrogen-bond acceptors (Lipinski definition) is 9. The molecule has 1 heterocycles. The Morgan fingerprint density at radius 3 is 2.15 bits per heavy atom. The Hall–Kier alpha value is 0.200. The molecule has 15 heteroatoms. The molecule has 5 atom stereocenters. The molecule has 1 aliphatic rings. The minimum Gasteiger partial charge on any atom is -0.394 e. The van der Waals surface area contributed by atoms with Crippen LogP contribution in [0, 0.1) is 0 Å². The van der Waals surface area contributed by atoms with Crippen molar-refractivity contribution < 1.29 is 57.3 Å². The molecule has 12 nitrogen and oxygen atoms in total. The fourth-order valence-electron chi connectivity index (χ4n) is 1.40. The number of phosphoric ester groups is 1. The van der Waals surface area contributed by atoms with Crippen molar-refractivity contribution in [3.8, 4) is 0 Å². The Labute approximate surface area is 113 Å². The molecule has 20 heavy (non-hydrogen) atoms. The van der Waals surface area contributed by atoms with E-state index in [1.165, 1.54) is 0 Å². The van der Waals surface area contributed by atoms with Gasteiger partial charge in [0, 0.05) is 0 Å². The van der Waals surface area contributed by atoms with Crippen molar-refractivity contribution in [3.05, 3.63) is 0 Å². The van der Waals surface area contributed by atoms with Crippen LogP contribution in [0.15, 0.2) is 0 Å². The molecule has 0 aromatic carbocycles. The molecule has 1 aliphatic heterocycles. The third-order valence-electron chi connectivity index (χ3n) is 2.16. The zero-order valence-electron chi connectivity index (χ0n) is 9.41. The van der Waals surface area contributed by atoms with Crippen molar-refractivity contribution in [1.29, 1.82) is 0 Å². The van der Waals surface area contributed by atoms with Crippen LogP contribution in [0.5, 0.6) is 0 Å². The van der Waals surface area contributed by atoms with E-state index in [0.29, 0.717) is 0 Å². The molecule has 118 valence electrons. The van der Waals surface area contributed by atoms with Gasteiger partial charge in [0.1, 0.15) is 18.3 Å². The van der Waals surface area contributed by atoms with Crippen molar-refractivity contribution in [2.75, 3.05) is 6.61 Å². The first kappa shape index (κ1) is 18.2. The average Bonchev–Trinajstić information content (AvgIpc) is 2.50. The summed E-state index contributed by atoms with van der Waals surface area (Å²) in [6, 6.07) is 0. The minimum atomic E-state index is -5.49. The van der Waals surface area contributed by atoms with Crippen LogP contribution < -0.4 is 0 Å². The summed E-state index contributed by atoms with van der Waals surface area (Å²) in [5.41, 5.74) is -2.83. The SMILES string of the molecule is O=PC1(OP(=O)(O)OP(=O)(O)O)O[C@H](CO)[C@@H](O)[C@H]1O. The average molecular weight is 356 g/mol. The summed E-state index contributed by atoms with van der Waals surface area (Å²) in [6.07, 6.45) is -5.47. The predicted molar refractivity (Wildman–Crippen MR) is 58.3 cm³/mol. The Morgan fingerprint density at radius 2 is 1.80 bits per heavy atom. The highest BCUT2D eigenvalue weighted by molar-refractivity contribution is 7.60. The number of aliphatic hydroxyl groups is 3. The first-order chi connectivity index (χ1) is 8.96. The van der Waals surface area contributed by atoms with Gasteiger partial charge in [-0.05, 0) is 0 Å². The number of hydrogen-bond donors (Lipinski definition) is 6. The molecule has 0 aromatic rings. The molecular weight excluding hydrogens is 345 g/mol. The number of ether oxygens (including phenoxy) is 1. The van der Waals surface area contributed by atoms with Gasteiger partial charge in [-0.3, -0.25) is 4.57 Å². The monoisotopic (exact) mass is 356 g/mol. The molecule has 2 unspecified atom stereocenters. The second-order valence-electron chi connectivity index (χ2n) is 3.63. The number of phosphoric acid groups is 2. The topological polar surface area (TPSA) is 200 Å². The summed E-state index contributed by atoms with van der Waals surface area (Å²) in [4.78, 5) is 25.9. The van der Waals surface area contributed by atoms with Crippen molar-refractivity contribution >= 4 is 24.1 Å². The van der Waals surface area contributed by atoms with Crippen LogP contribution in [-0.2, 0) is 27.3 Å². The van der Waals surface area contributed by atoms with Gasteiger partial charge in [0.2, 0.25) is 8.46 Å². The fraction of sp³-hybridized carbons (Fsp3) is 1.00. The lowest BCUT2D eigenvalue weighted by atomic mass is 10.1. The molecule has 0 aliphatic carbocycles. The first-order valence-corrected chi connectivity index (χ1v) is 8.60. The van der Waals surface area contributed by atoms with E-state index in [9.17, 15) is 23.9 Å². The fourth-order valence-corrected chi connectivity index (χ4v) is 3.98. The van der Waals surface area contributed by atoms with E-state index >= 15 is 0 Å². The van der Waals surface area contributed by atoms with E-state index in [2.05, 4.69) is 13.6 Å². The summed E-state index contributed by atoms with van der Waals surface area (Å²) in [5.74, 6) is 0. The number of aliphatic hydroxyl groups excluding tert-OH is 3. The van der Waals surface area contributed by atoms with Crippen LogP contribution in [0.3, 0.4) is 0 Å². The normalized spacial score (nSPS) is 38.0. The van der Waals surface area contributed by atoms with Gasteiger partial charge in [0.05, 0.1) is 6.61 Å². The van der Waals surface area contributed by atoms with Gasteiger partial charge in [-0.1, -0.05) is 0 Å². The van der Waals surface area contributed by atoms with Crippen molar-refractivity contribution in [2.24, 2.45) is 0 Å².